The molecule has 0 unspecified atom stereocenters. The zero-order chi connectivity index (χ0) is 10.5. The van der Waals surface area contributed by atoms with E-state index in [4.69, 9.17) is 0 Å². The van der Waals surface area contributed by atoms with E-state index >= 15 is 0 Å². The molecule has 1 heteroatoms. The van der Waals surface area contributed by atoms with Gasteiger partial charge in [-0.3, -0.25) is 0 Å². The second-order valence-corrected chi connectivity index (χ2v) is 4.09. The Morgan fingerprint density at radius 3 is 2.69 bits per heavy atom. The summed E-state index contributed by atoms with van der Waals surface area (Å²) < 4.78 is 0. The van der Waals surface area contributed by atoms with E-state index in [0.717, 1.165) is 0 Å². The molecule has 1 nitrogen and oxygen atoms in total. The predicted molar refractivity (Wildman–Crippen MR) is 65.2 cm³/mol. The lowest BCUT2D eigenvalue weighted by Gasteiger charge is -1.97. The molecule has 2 radical (unpaired) electrons. The molecule has 1 aromatic heterocycles. The topological polar surface area (TPSA) is 15.8 Å². The fourth-order valence-corrected chi connectivity index (χ4v) is 2.42. The smallest absolute Gasteiger partial charge is 0.0538 e. The van der Waals surface area contributed by atoms with Crippen molar-refractivity contribution in [2.75, 3.05) is 0 Å². The van der Waals surface area contributed by atoms with Crippen LogP contribution in [0.1, 0.15) is 11.1 Å². The van der Waals surface area contributed by atoms with Crippen LogP contribution >= 0.6 is 0 Å². The Kier molecular flexibility index (Phi) is 1.41. The Bertz CT molecular complexity index is 691. The Hall–Kier alpha value is -2.02. The van der Waals surface area contributed by atoms with E-state index in [2.05, 4.69) is 59.9 Å². The molecule has 0 saturated carbocycles. The van der Waals surface area contributed by atoms with Crippen LogP contribution in [0.15, 0.2) is 48.5 Å². The molecule has 0 bridgehead atoms. The maximum atomic E-state index is 3.47. The van der Waals surface area contributed by atoms with Gasteiger partial charge in [0.15, 0.2) is 0 Å². The molecule has 1 aliphatic rings. The first-order chi connectivity index (χ1) is 7.93. The standard InChI is InChI=1S/C15H9N/c1-2-6-11-10(5-1)9-13-12-7-3-4-8-14(12)16-15(11)13/h1-8,16H. The minimum Gasteiger partial charge on any atom is -0.354 e. The quantitative estimate of drug-likeness (QED) is 0.449. The van der Waals surface area contributed by atoms with Crippen LogP contribution in [0.25, 0.3) is 22.2 Å². The number of hydrogen-bond acceptors (Lipinski definition) is 0. The van der Waals surface area contributed by atoms with Gasteiger partial charge in [-0.2, -0.15) is 0 Å². The molecule has 74 valence electrons. The third kappa shape index (κ3) is 0.904. The molecule has 0 amide bonds. The normalized spacial score (nSPS) is 12.8. The molecule has 0 saturated heterocycles. The Morgan fingerprint density at radius 2 is 1.69 bits per heavy atom. The van der Waals surface area contributed by atoms with Gasteiger partial charge in [0.05, 0.1) is 12.1 Å². The van der Waals surface area contributed by atoms with Crippen LogP contribution < -0.4 is 0 Å². The predicted octanol–water partition coefficient (Wildman–Crippen LogP) is 3.63. The lowest BCUT2D eigenvalue weighted by molar-refractivity contribution is 1.46. The van der Waals surface area contributed by atoms with Crippen LogP contribution in [-0.2, 0) is 0 Å². The monoisotopic (exact) mass is 203 g/mol. The van der Waals surface area contributed by atoms with E-state index in [9.17, 15) is 0 Å². The molecular formula is C15H9N. The zero-order valence-electron chi connectivity index (χ0n) is 8.62. The summed E-state index contributed by atoms with van der Waals surface area (Å²) in [6.45, 7) is 0. The van der Waals surface area contributed by atoms with Gasteiger partial charge >= 0.3 is 0 Å². The Morgan fingerprint density at radius 1 is 0.875 bits per heavy atom. The molecule has 1 N–H and O–H groups in total. The summed E-state index contributed by atoms with van der Waals surface area (Å²) in [4.78, 5) is 3.47. The molecule has 3 aromatic rings. The number of aromatic nitrogens is 1. The number of benzene rings is 2. The molecular weight excluding hydrogens is 194 g/mol. The van der Waals surface area contributed by atoms with Gasteiger partial charge in [-0.05, 0) is 17.2 Å². The lowest BCUT2D eigenvalue weighted by Crippen LogP contribution is -1.78. The number of nitrogens with one attached hydrogen (secondary N) is 1. The summed E-state index contributed by atoms with van der Waals surface area (Å²) >= 11 is 0. The molecule has 1 aliphatic carbocycles. The summed E-state index contributed by atoms with van der Waals surface area (Å²) in [6.07, 6.45) is 3.47. The first-order valence-electron chi connectivity index (χ1n) is 5.40. The van der Waals surface area contributed by atoms with Crippen molar-refractivity contribution in [3.63, 3.8) is 0 Å². The molecule has 0 atom stereocenters. The summed E-state index contributed by atoms with van der Waals surface area (Å²) in [7, 11) is 0. The zero-order valence-corrected chi connectivity index (χ0v) is 8.62. The van der Waals surface area contributed by atoms with Crippen LogP contribution in [0, 0.1) is 6.42 Å². The van der Waals surface area contributed by atoms with E-state index < -0.39 is 0 Å². The largest absolute Gasteiger partial charge is 0.354 e. The minimum absolute atomic E-state index is 1.19. The van der Waals surface area contributed by atoms with Crippen molar-refractivity contribution in [1.82, 2.24) is 4.98 Å². The number of rotatable bonds is 0. The van der Waals surface area contributed by atoms with E-state index in [1.165, 1.54) is 33.3 Å². The van der Waals surface area contributed by atoms with Crippen molar-refractivity contribution in [3.05, 3.63) is 66.1 Å². The minimum atomic E-state index is 1.19. The van der Waals surface area contributed by atoms with Gasteiger partial charge in [-0.25, -0.2) is 0 Å². The first-order valence-corrected chi connectivity index (χ1v) is 5.40. The highest BCUT2D eigenvalue weighted by Crippen LogP contribution is 2.41. The van der Waals surface area contributed by atoms with Gasteiger partial charge in [0, 0.05) is 16.5 Å². The molecule has 16 heavy (non-hydrogen) atoms. The second-order valence-electron chi connectivity index (χ2n) is 4.09. The molecule has 0 fully saturated rings. The maximum Gasteiger partial charge on any atom is 0.0538 e. The Balaban J connectivity index is 2.12. The van der Waals surface area contributed by atoms with Crippen molar-refractivity contribution in [2.24, 2.45) is 0 Å². The Labute approximate surface area is 93.7 Å². The van der Waals surface area contributed by atoms with Gasteiger partial charge in [0.1, 0.15) is 0 Å². The fourth-order valence-electron chi connectivity index (χ4n) is 2.42. The van der Waals surface area contributed by atoms with Crippen LogP contribution in [0.2, 0.25) is 0 Å². The van der Waals surface area contributed by atoms with Gasteiger partial charge < -0.3 is 4.98 Å². The van der Waals surface area contributed by atoms with E-state index in [1.54, 1.807) is 0 Å². The van der Waals surface area contributed by atoms with E-state index in [-0.39, 0.29) is 0 Å². The third-order valence-corrected chi connectivity index (χ3v) is 3.16. The van der Waals surface area contributed by atoms with Crippen molar-refractivity contribution in [2.45, 2.75) is 0 Å². The second kappa shape index (κ2) is 2.76. The van der Waals surface area contributed by atoms with Crippen LogP contribution in [0.4, 0.5) is 0 Å². The lowest BCUT2D eigenvalue weighted by atomic mass is 10.1. The van der Waals surface area contributed by atoms with Gasteiger partial charge in [0.2, 0.25) is 0 Å². The van der Waals surface area contributed by atoms with Gasteiger partial charge in [-0.1, -0.05) is 42.5 Å². The molecule has 0 spiro atoms. The van der Waals surface area contributed by atoms with E-state index in [1.807, 2.05) is 0 Å². The fraction of sp³-hybridized carbons (Fsp3) is 0. The average Bonchev–Trinajstić information content (AvgIpc) is 2.85. The maximum absolute atomic E-state index is 3.47. The molecule has 2 aromatic carbocycles. The number of hydrogen-bond donors (Lipinski definition) is 1. The first kappa shape index (κ1) is 8.17. The third-order valence-electron chi connectivity index (χ3n) is 3.16. The summed E-state index contributed by atoms with van der Waals surface area (Å²) in [5.41, 5.74) is 6.05. The van der Waals surface area contributed by atoms with Crippen LogP contribution in [-0.4, -0.2) is 4.98 Å². The summed E-state index contributed by atoms with van der Waals surface area (Å²) in [5.74, 6) is 0. The van der Waals surface area contributed by atoms with Crippen molar-refractivity contribution in [1.29, 1.82) is 0 Å². The number of aromatic amines is 1. The van der Waals surface area contributed by atoms with Gasteiger partial charge in [0.25, 0.3) is 0 Å². The van der Waals surface area contributed by atoms with Crippen molar-refractivity contribution < 1.29 is 0 Å². The van der Waals surface area contributed by atoms with Crippen LogP contribution in [0.5, 0.6) is 0 Å². The summed E-state index contributed by atoms with van der Waals surface area (Å²) in [6, 6.07) is 16.8. The number of para-hydroxylation sites is 1. The highest BCUT2D eigenvalue weighted by molar-refractivity contribution is 5.96. The molecule has 1 heterocycles. The molecule has 0 aliphatic heterocycles. The molecule has 4 rings (SSSR count). The number of H-pyrrole nitrogens is 1. The van der Waals surface area contributed by atoms with Gasteiger partial charge in [-0.15, -0.1) is 0 Å². The SMILES string of the molecule is [C]1c2ccccc2-c2[nH]c3ccccc3c21. The van der Waals surface area contributed by atoms with Crippen LogP contribution in [0.3, 0.4) is 0 Å². The highest BCUT2D eigenvalue weighted by atomic mass is 14.7. The highest BCUT2D eigenvalue weighted by Gasteiger charge is 2.22. The van der Waals surface area contributed by atoms with Crippen molar-refractivity contribution >= 4 is 10.9 Å². The van der Waals surface area contributed by atoms with Crippen molar-refractivity contribution in [3.8, 4) is 11.3 Å². The average molecular weight is 203 g/mol. The summed E-state index contributed by atoms with van der Waals surface area (Å²) in [5, 5.41) is 1.26. The number of fused-ring (bicyclic) bond motifs is 5. The van der Waals surface area contributed by atoms with E-state index in [0.29, 0.717) is 0 Å².